The molecular weight excluding hydrogens is 416 g/mol. The summed E-state index contributed by atoms with van der Waals surface area (Å²) in [5.74, 6) is -2.40. The number of hydrogen-bond donors (Lipinski definition) is 2. The Morgan fingerprint density at radius 2 is 1.61 bits per heavy atom. The van der Waals surface area contributed by atoms with Crippen molar-refractivity contribution in [3.05, 3.63) is 30.4 Å². The second-order valence-electron chi connectivity index (χ2n) is 7.05. The van der Waals surface area contributed by atoms with E-state index in [1.807, 2.05) is 0 Å². The molecule has 2 N–H and O–H groups in total. The van der Waals surface area contributed by atoms with Gasteiger partial charge in [-0.05, 0) is 20.8 Å². The van der Waals surface area contributed by atoms with Crippen LogP contribution in [0.2, 0.25) is 0 Å². The normalized spacial score (nSPS) is 12.3. The number of carbonyl (C=O) groups excluding carboxylic acids is 2. The lowest BCUT2D eigenvalue weighted by Crippen LogP contribution is -2.38. The van der Waals surface area contributed by atoms with Gasteiger partial charge in [0.2, 0.25) is 23.7 Å². The summed E-state index contributed by atoms with van der Waals surface area (Å²) in [6.45, 7) is 4.99. The van der Waals surface area contributed by atoms with Gasteiger partial charge in [0.1, 0.15) is 24.4 Å². The first kappa shape index (κ1) is 21.5. The Kier molecular flexibility index (Phi) is 5.77. The summed E-state index contributed by atoms with van der Waals surface area (Å²) in [5.41, 5.74) is -0.881. The number of esters is 1. The van der Waals surface area contributed by atoms with Crippen LogP contribution in [0.15, 0.2) is 32.0 Å². The van der Waals surface area contributed by atoms with Gasteiger partial charge >= 0.3 is 18.0 Å². The fourth-order valence-electron chi connectivity index (χ4n) is 2.26. The first-order valence-corrected chi connectivity index (χ1v) is 8.75. The third-order valence-electron chi connectivity index (χ3n) is 3.53. The molecule has 0 fully saturated rings. The number of methoxy groups -OCH3 is 1. The molecule has 1 atom stereocenters. The summed E-state index contributed by atoms with van der Waals surface area (Å²) in [7, 11) is 1.14. The standard InChI is InChI=1S/C18H18N4O9/c1-18(2,3)31-17(26)22-11(16(25)27-4)14-20-9(6-30-14)12-19-8(5-28-12)13-21-10(7-29-13)15(23)24/h5-7,11H,1-4H3,(H,22,26)(H,23,24). The van der Waals surface area contributed by atoms with E-state index in [2.05, 4.69) is 25.0 Å². The number of aromatic carboxylic acids is 1. The number of amides is 1. The topological polar surface area (TPSA) is 180 Å². The van der Waals surface area contributed by atoms with Crippen LogP contribution in [-0.4, -0.2) is 50.8 Å². The molecule has 0 bridgehead atoms. The van der Waals surface area contributed by atoms with Crippen molar-refractivity contribution >= 4 is 18.0 Å². The van der Waals surface area contributed by atoms with Crippen molar-refractivity contribution in [2.45, 2.75) is 32.4 Å². The molecule has 164 valence electrons. The molecule has 0 aliphatic carbocycles. The summed E-state index contributed by atoms with van der Waals surface area (Å²) in [4.78, 5) is 47.0. The third-order valence-corrected chi connectivity index (χ3v) is 3.53. The highest BCUT2D eigenvalue weighted by Gasteiger charge is 2.31. The molecule has 3 heterocycles. The maximum absolute atomic E-state index is 12.1. The van der Waals surface area contributed by atoms with E-state index in [9.17, 15) is 14.4 Å². The van der Waals surface area contributed by atoms with Gasteiger partial charge in [0.25, 0.3) is 0 Å². The van der Waals surface area contributed by atoms with Crippen molar-refractivity contribution < 1.29 is 42.2 Å². The predicted octanol–water partition coefficient (Wildman–Crippen LogP) is 2.42. The van der Waals surface area contributed by atoms with Gasteiger partial charge in [0.05, 0.1) is 7.11 Å². The van der Waals surface area contributed by atoms with E-state index >= 15 is 0 Å². The number of ether oxygens (including phenoxy) is 2. The zero-order valence-corrected chi connectivity index (χ0v) is 16.9. The second-order valence-corrected chi connectivity index (χ2v) is 7.05. The van der Waals surface area contributed by atoms with Crippen molar-refractivity contribution in [2.75, 3.05) is 7.11 Å². The largest absolute Gasteiger partial charge is 0.476 e. The molecule has 13 nitrogen and oxygen atoms in total. The van der Waals surface area contributed by atoms with Gasteiger partial charge in [0, 0.05) is 0 Å². The minimum absolute atomic E-state index is 0.0269. The number of carbonyl (C=O) groups is 3. The molecule has 13 heteroatoms. The highest BCUT2D eigenvalue weighted by atomic mass is 16.6. The van der Waals surface area contributed by atoms with Crippen LogP contribution in [-0.2, 0) is 14.3 Å². The van der Waals surface area contributed by atoms with Crippen LogP contribution >= 0.6 is 0 Å². The van der Waals surface area contributed by atoms with Crippen LogP contribution in [0.1, 0.15) is 43.2 Å². The molecule has 0 saturated heterocycles. The van der Waals surface area contributed by atoms with E-state index in [4.69, 9.17) is 23.1 Å². The Morgan fingerprint density at radius 3 is 2.23 bits per heavy atom. The summed E-state index contributed by atoms with van der Waals surface area (Å²) < 4.78 is 25.4. The minimum atomic E-state index is -1.38. The first-order chi connectivity index (χ1) is 14.6. The molecule has 0 aliphatic heterocycles. The molecule has 0 radical (unpaired) electrons. The van der Waals surface area contributed by atoms with Crippen molar-refractivity contribution in [2.24, 2.45) is 0 Å². The smallest absolute Gasteiger partial charge is 0.408 e. The Morgan fingerprint density at radius 1 is 1.00 bits per heavy atom. The number of nitrogens with zero attached hydrogens (tertiary/aromatic N) is 3. The lowest BCUT2D eigenvalue weighted by Gasteiger charge is -2.21. The summed E-state index contributed by atoms with van der Waals surface area (Å²) in [6.07, 6.45) is 2.41. The van der Waals surface area contributed by atoms with Crippen molar-refractivity contribution in [1.82, 2.24) is 20.3 Å². The Labute approximate surface area is 174 Å². The number of oxazole rings is 3. The summed E-state index contributed by atoms with van der Waals surface area (Å²) in [5, 5.41) is 11.2. The monoisotopic (exact) mass is 434 g/mol. The van der Waals surface area contributed by atoms with E-state index < -0.39 is 29.7 Å². The molecule has 0 aliphatic rings. The van der Waals surface area contributed by atoms with E-state index in [1.165, 1.54) is 6.26 Å². The highest BCUT2D eigenvalue weighted by Crippen LogP contribution is 2.26. The molecule has 3 aromatic rings. The second kappa shape index (κ2) is 8.30. The van der Waals surface area contributed by atoms with E-state index in [0.29, 0.717) is 0 Å². The Balaban J connectivity index is 1.81. The van der Waals surface area contributed by atoms with Gasteiger partial charge in [-0.15, -0.1) is 0 Å². The van der Waals surface area contributed by atoms with Crippen LogP contribution in [0.25, 0.3) is 23.2 Å². The number of carboxylic acid groups (broad SMARTS) is 1. The molecular formula is C18H18N4O9. The van der Waals surface area contributed by atoms with Gasteiger partial charge in [-0.2, -0.15) is 0 Å². The molecule has 3 aromatic heterocycles. The van der Waals surface area contributed by atoms with Crippen LogP contribution in [0.5, 0.6) is 0 Å². The SMILES string of the molecule is COC(=O)C(NC(=O)OC(C)(C)C)c1nc(-c2nc(-c3nc(C(=O)O)co3)co2)co1. The average molecular weight is 434 g/mol. The molecule has 1 unspecified atom stereocenters. The maximum Gasteiger partial charge on any atom is 0.408 e. The van der Waals surface area contributed by atoms with Gasteiger partial charge in [-0.1, -0.05) is 0 Å². The number of aromatic nitrogens is 3. The van der Waals surface area contributed by atoms with Crippen LogP contribution in [0, 0.1) is 0 Å². The third kappa shape index (κ3) is 5.07. The zero-order valence-electron chi connectivity index (χ0n) is 16.9. The summed E-state index contributed by atoms with van der Waals surface area (Å²) in [6, 6.07) is -1.38. The molecule has 1 amide bonds. The molecule has 0 saturated carbocycles. The fraction of sp³-hybridized carbons (Fsp3) is 0.333. The number of alkyl carbamates (subject to hydrolysis) is 1. The number of hydrogen-bond acceptors (Lipinski definition) is 11. The van der Waals surface area contributed by atoms with Crippen LogP contribution in [0.4, 0.5) is 4.79 Å². The van der Waals surface area contributed by atoms with Crippen molar-refractivity contribution in [3.63, 3.8) is 0 Å². The average Bonchev–Trinajstić information content (AvgIpc) is 3.43. The lowest BCUT2D eigenvalue weighted by atomic mass is 10.2. The molecule has 3 rings (SSSR count). The van der Waals surface area contributed by atoms with E-state index in [1.54, 1.807) is 20.8 Å². The number of nitrogens with one attached hydrogen (secondary N) is 1. The maximum atomic E-state index is 12.1. The van der Waals surface area contributed by atoms with E-state index in [-0.39, 0.29) is 34.8 Å². The van der Waals surface area contributed by atoms with Crippen LogP contribution < -0.4 is 5.32 Å². The number of carboxylic acids is 1. The zero-order chi connectivity index (χ0) is 22.8. The Hall–Kier alpha value is -4.16. The van der Waals surface area contributed by atoms with Crippen LogP contribution in [0.3, 0.4) is 0 Å². The van der Waals surface area contributed by atoms with Crippen molar-refractivity contribution in [3.8, 4) is 23.2 Å². The minimum Gasteiger partial charge on any atom is -0.476 e. The van der Waals surface area contributed by atoms with Gasteiger partial charge in [0.15, 0.2) is 17.1 Å². The number of rotatable bonds is 6. The predicted molar refractivity (Wildman–Crippen MR) is 98.6 cm³/mol. The fourth-order valence-corrected chi connectivity index (χ4v) is 2.26. The summed E-state index contributed by atoms with van der Waals surface area (Å²) >= 11 is 0. The molecule has 0 aromatic carbocycles. The first-order valence-electron chi connectivity index (χ1n) is 8.75. The van der Waals surface area contributed by atoms with Gasteiger partial charge < -0.3 is 27.8 Å². The Bertz CT molecular complexity index is 1110. The van der Waals surface area contributed by atoms with Crippen molar-refractivity contribution in [1.29, 1.82) is 0 Å². The van der Waals surface area contributed by atoms with E-state index in [0.717, 1.165) is 19.6 Å². The van der Waals surface area contributed by atoms with Gasteiger partial charge in [-0.25, -0.2) is 29.3 Å². The lowest BCUT2D eigenvalue weighted by molar-refractivity contribution is -0.143. The quantitative estimate of drug-likeness (QED) is 0.542. The molecule has 0 spiro atoms. The molecule has 31 heavy (non-hydrogen) atoms. The highest BCUT2D eigenvalue weighted by molar-refractivity contribution is 5.85. The van der Waals surface area contributed by atoms with Gasteiger partial charge in [-0.3, -0.25) is 5.32 Å².